The molecule has 5 nitrogen and oxygen atoms in total. The monoisotopic (exact) mass is 476 g/mol. The van der Waals surface area contributed by atoms with Crippen LogP contribution in [0.1, 0.15) is 26.3 Å². The third-order valence-corrected chi connectivity index (χ3v) is 7.98. The van der Waals surface area contributed by atoms with Crippen molar-refractivity contribution in [2.24, 2.45) is 0 Å². The summed E-state index contributed by atoms with van der Waals surface area (Å²) in [4.78, 5) is 27.5. The first-order valence-electron chi connectivity index (χ1n) is 9.17. The van der Waals surface area contributed by atoms with Gasteiger partial charge in [0, 0.05) is 5.30 Å². The van der Waals surface area contributed by atoms with Gasteiger partial charge in [-0.25, -0.2) is 0 Å². The SMILES string of the molecule is COc1cc(C)cc(OC)c1C(=O)P(=O)(C(=O)c1c(Cl)cccc1Cl)c1ccccc1. The van der Waals surface area contributed by atoms with Gasteiger partial charge in [-0.3, -0.25) is 9.59 Å². The van der Waals surface area contributed by atoms with Gasteiger partial charge >= 0.3 is 0 Å². The van der Waals surface area contributed by atoms with Crippen LogP contribution in [0.3, 0.4) is 0 Å². The Morgan fingerprint density at radius 1 is 0.774 bits per heavy atom. The number of hydrogen-bond donors (Lipinski definition) is 0. The Labute approximate surface area is 190 Å². The molecular formula is C23H19Cl2O5P. The minimum atomic E-state index is -4.45. The number of carbonyl (C=O) groups is 2. The van der Waals surface area contributed by atoms with Crippen molar-refractivity contribution < 1.29 is 23.6 Å². The lowest BCUT2D eigenvalue weighted by Crippen LogP contribution is -2.22. The van der Waals surface area contributed by atoms with Crippen LogP contribution in [0.4, 0.5) is 0 Å². The molecule has 160 valence electrons. The summed E-state index contributed by atoms with van der Waals surface area (Å²) in [5.41, 5.74) is -1.37. The van der Waals surface area contributed by atoms with E-state index in [1.54, 1.807) is 43.3 Å². The van der Waals surface area contributed by atoms with Crippen LogP contribution in [-0.2, 0) is 4.57 Å². The quantitative estimate of drug-likeness (QED) is 0.391. The van der Waals surface area contributed by atoms with E-state index in [1.165, 1.54) is 38.5 Å². The fourth-order valence-corrected chi connectivity index (χ4v) is 6.27. The summed E-state index contributed by atoms with van der Waals surface area (Å²) >= 11 is 12.4. The Hall–Kier alpha value is -2.59. The first kappa shape index (κ1) is 23.1. The highest BCUT2D eigenvalue weighted by molar-refractivity contribution is 8.01. The maximum Gasteiger partial charge on any atom is 0.249 e. The third-order valence-electron chi connectivity index (χ3n) is 4.73. The molecule has 0 saturated heterocycles. The molecule has 1 atom stereocenters. The van der Waals surface area contributed by atoms with E-state index in [4.69, 9.17) is 32.7 Å². The molecule has 0 aliphatic rings. The minimum absolute atomic E-state index is 0.00397. The van der Waals surface area contributed by atoms with E-state index in [-0.39, 0.29) is 38.0 Å². The van der Waals surface area contributed by atoms with Crippen molar-refractivity contribution in [3.05, 3.63) is 87.4 Å². The number of benzene rings is 3. The van der Waals surface area contributed by atoms with E-state index in [0.29, 0.717) is 0 Å². The highest BCUT2D eigenvalue weighted by Gasteiger charge is 2.46. The Kier molecular flexibility index (Phi) is 6.90. The molecule has 1 unspecified atom stereocenters. The average Bonchev–Trinajstić information content (AvgIpc) is 2.77. The number of hydrogen-bond acceptors (Lipinski definition) is 5. The standard InChI is InChI=1S/C23H19Cl2O5P/c1-14-12-18(29-2)21(19(13-14)30-3)23(27)31(28,15-8-5-4-6-9-15)22(26)20-16(24)10-7-11-17(20)25/h4-13H,1-3H3. The molecule has 0 spiro atoms. The normalized spacial score (nSPS) is 12.7. The molecular weight excluding hydrogens is 458 g/mol. The van der Waals surface area contributed by atoms with Crippen LogP contribution in [0, 0.1) is 6.92 Å². The van der Waals surface area contributed by atoms with Crippen molar-refractivity contribution >= 4 is 46.7 Å². The van der Waals surface area contributed by atoms with Gasteiger partial charge in [0.15, 0.2) is 0 Å². The summed E-state index contributed by atoms with van der Waals surface area (Å²) in [6, 6.07) is 15.5. The first-order chi connectivity index (χ1) is 14.7. The van der Waals surface area contributed by atoms with Gasteiger partial charge in [-0.05, 0) is 36.8 Å². The van der Waals surface area contributed by atoms with Crippen LogP contribution >= 0.6 is 30.3 Å². The first-order valence-corrected chi connectivity index (χ1v) is 11.6. The zero-order valence-electron chi connectivity index (χ0n) is 17.0. The molecule has 0 aromatic heterocycles. The second-order valence-corrected chi connectivity index (χ2v) is 10.1. The maximum atomic E-state index is 14.4. The van der Waals surface area contributed by atoms with Gasteiger partial charge in [0.05, 0.1) is 29.8 Å². The molecule has 0 amide bonds. The van der Waals surface area contributed by atoms with Crippen LogP contribution in [0.15, 0.2) is 60.7 Å². The molecule has 31 heavy (non-hydrogen) atoms. The van der Waals surface area contributed by atoms with Crippen molar-refractivity contribution in [2.45, 2.75) is 6.92 Å². The van der Waals surface area contributed by atoms with Crippen molar-refractivity contribution in [2.75, 3.05) is 14.2 Å². The van der Waals surface area contributed by atoms with Crippen molar-refractivity contribution in [1.82, 2.24) is 0 Å². The van der Waals surface area contributed by atoms with Crippen LogP contribution in [0.25, 0.3) is 0 Å². The molecule has 0 saturated carbocycles. The second-order valence-electron chi connectivity index (χ2n) is 6.70. The molecule has 0 aliphatic carbocycles. The molecule has 3 rings (SSSR count). The number of halogens is 2. The number of aryl methyl sites for hydroxylation is 1. The largest absolute Gasteiger partial charge is 0.496 e. The minimum Gasteiger partial charge on any atom is -0.496 e. The van der Waals surface area contributed by atoms with Gasteiger partial charge in [0.2, 0.25) is 18.2 Å². The lowest BCUT2D eigenvalue weighted by Gasteiger charge is -2.20. The molecule has 0 fully saturated rings. The van der Waals surface area contributed by atoms with Crippen LogP contribution in [0.5, 0.6) is 11.5 Å². The van der Waals surface area contributed by atoms with E-state index in [9.17, 15) is 14.2 Å². The lowest BCUT2D eigenvalue weighted by atomic mass is 10.1. The second kappa shape index (κ2) is 9.27. The third kappa shape index (κ3) is 4.14. The Balaban J connectivity index is 2.34. The summed E-state index contributed by atoms with van der Waals surface area (Å²) in [6.07, 6.45) is 0. The van der Waals surface area contributed by atoms with Gasteiger partial charge in [-0.15, -0.1) is 0 Å². The van der Waals surface area contributed by atoms with Crippen molar-refractivity contribution in [3.8, 4) is 11.5 Å². The molecule has 0 aliphatic heterocycles. The Morgan fingerprint density at radius 2 is 1.26 bits per heavy atom. The molecule has 8 heteroatoms. The summed E-state index contributed by atoms with van der Waals surface area (Å²) in [7, 11) is -1.69. The van der Waals surface area contributed by atoms with E-state index >= 15 is 0 Å². The number of carbonyl (C=O) groups excluding carboxylic acids is 2. The molecule has 0 N–H and O–H groups in total. The fourth-order valence-electron chi connectivity index (χ4n) is 3.24. The van der Waals surface area contributed by atoms with Crippen molar-refractivity contribution in [3.63, 3.8) is 0 Å². The highest BCUT2D eigenvalue weighted by Crippen LogP contribution is 2.55. The number of ether oxygens (including phenoxy) is 2. The lowest BCUT2D eigenvalue weighted by molar-refractivity contribution is 0.103. The van der Waals surface area contributed by atoms with Crippen LogP contribution in [-0.4, -0.2) is 25.3 Å². The number of rotatable bonds is 7. The number of methoxy groups -OCH3 is 2. The van der Waals surface area contributed by atoms with Gasteiger partial charge in [0.1, 0.15) is 17.1 Å². The molecule has 3 aromatic rings. The maximum absolute atomic E-state index is 14.4. The van der Waals surface area contributed by atoms with E-state index in [0.717, 1.165) is 5.56 Å². The van der Waals surface area contributed by atoms with Crippen LogP contribution < -0.4 is 14.8 Å². The summed E-state index contributed by atoms with van der Waals surface area (Å²) in [5, 5.41) is 0.0688. The van der Waals surface area contributed by atoms with E-state index in [1.807, 2.05) is 0 Å². The Morgan fingerprint density at radius 3 is 1.74 bits per heavy atom. The molecule has 0 bridgehead atoms. The summed E-state index contributed by atoms with van der Waals surface area (Å²) in [6.45, 7) is 1.80. The molecule has 0 radical (unpaired) electrons. The van der Waals surface area contributed by atoms with E-state index in [2.05, 4.69) is 0 Å². The van der Waals surface area contributed by atoms with Crippen LogP contribution in [0.2, 0.25) is 10.0 Å². The zero-order chi connectivity index (χ0) is 22.8. The Bertz CT molecular complexity index is 1160. The zero-order valence-corrected chi connectivity index (χ0v) is 19.4. The van der Waals surface area contributed by atoms with Gasteiger partial charge in [-0.1, -0.05) is 59.6 Å². The summed E-state index contributed by atoms with van der Waals surface area (Å²) in [5.74, 6) is 0.298. The fraction of sp³-hybridized carbons (Fsp3) is 0.130. The predicted octanol–water partition coefficient (Wildman–Crippen LogP) is 5.99. The molecule has 0 heterocycles. The molecule has 3 aromatic carbocycles. The smallest absolute Gasteiger partial charge is 0.249 e. The average molecular weight is 477 g/mol. The highest BCUT2D eigenvalue weighted by atomic mass is 35.5. The van der Waals surface area contributed by atoms with Gasteiger partial charge < -0.3 is 14.0 Å². The topological polar surface area (TPSA) is 69.7 Å². The summed E-state index contributed by atoms with van der Waals surface area (Å²) < 4.78 is 25.2. The van der Waals surface area contributed by atoms with E-state index < -0.39 is 18.2 Å². The van der Waals surface area contributed by atoms with Gasteiger partial charge in [-0.2, -0.15) is 0 Å². The van der Waals surface area contributed by atoms with Gasteiger partial charge in [0.25, 0.3) is 0 Å². The predicted molar refractivity (Wildman–Crippen MR) is 123 cm³/mol. The van der Waals surface area contributed by atoms with Crippen molar-refractivity contribution in [1.29, 1.82) is 0 Å².